The van der Waals surface area contributed by atoms with Crippen molar-refractivity contribution in [2.45, 2.75) is 24.4 Å². The molecule has 0 saturated carbocycles. The number of methoxy groups -OCH3 is 1. The molecule has 3 aromatic rings. The Hall–Kier alpha value is -3.57. The van der Waals surface area contributed by atoms with Gasteiger partial charge in [0.25, 0.3) is 5.60 Å². The molecule has 0 radical (unpaired) electrons. The molecule has 1 aliphatic heterocycles. The van der Waals surface area contributed by atoms with E-state index in [0.717, 1.165) is 25.4 Å². The summed E-state index contributed by atoms with van der Waals surface area (Å²) in [7, 11) is 1.12. The summed E-state index contributed by atoms with van der Waals surface area (Å²) in [6.07, 6.45) is -8.57. The van der Waals surface area contributed by atoms with Crippen molar-refractivity contribution in [3.05, 3.63) is 65.2 Å². The second kappa shape index (κ2) is 7.24. The molecule has 4 rings (SSSR count). The average molecular weight is 458 g/mol. The molecule has 0 bridgehead atoms. The number of furan rings is 1. The van der Waals surface area contributed by atoms with E-state index in [1.165, 1.54) is 12.3 Å². The molecule has 32 heavy (non-hydrogen) atoms. The predicted octanol–water partition coefficient (Wildman–Crippen LogP) is 5.22. The lowest BCUT2D eigenvalue weighted by molar-refractivity contribution is -0.276. The highest BCUT2D eigenvalue weighted by Gasteiger charge is 2.62. The summed E-state index contributed by atoms with van der Waals surface area (Å²) in [6, 6.07) is 4.20. The summed E-state index contributed by atoms with van der Waals surface area (Å²) in [6.45, 7) is 0. The lowest BCUT2D eigenvalue weighted by atomic mass is 9.85. The Labute approximate surface area is 175 Å². The number of ether oxygens (including phenoxy) is 1. The van der Waals surface area contributed by atoms with E-state index in [1.807, 2.05) is 0 Å². The van der Waals surface area contributed by atoms with Gasteiger partial charge in [-0.15, -0.1) is 0 Å². The normalized spacial score (nSPS) is 19.0. The highest BCUT2D eigenvalue weighted by molar-refractivity contribution is 6.13. The van der Waals surface area contributed by atoms with Crippen molar-refractivity contribution in [2.24, 2.45) is 5.16 Å². The lowest BCUT2D eigenvalue weighted by Crippen LogP contribution is -2.42. The Morgan fingerprint density at radius 3 is 2.56 bits per heavy atom. The number of esters is 1. The van der Waals surface area contributed by atoms with E-state index < -0.39 is 41.5 Å². The van der Waals surface area contributed by atoms with Gasteiger partial charge in [0.1, 0.15) is 0 Å². The third-order valence-electron chi connectivity index (χ3n) is 5.03. The molecule has 0 amide bonds. The number of rotatable bonds is 3. The van der Waals surface area contributed by atoms with Gasteiger partial charge in [-0.25, -0.2) is 9.78 Å². The van der Waals surface area contributed by atoms with Crippen LogP contribution in [0.4, 0.5) is 26.3 Å². The maximum absolute atomic E-state index is 14.1. The van der Waals surface area contributed by atoms with Gasteiger partial charge >= 0.3 is 18.3 Å². The van der Waals surface area contributed by atoms with Crippen LogP contribution in [0.2, 0.25) is 0 Å². The summed E-state index contributed by atoms with van der Waals surface area (Å²) in [4.78, 5) is 20.5. The largest absolute Gasteiger partial charge is 0.464 e. The van der Waals surface area contributed by atoms with Crippen LogP contribution in [-0.2, 0) is 21.4 Å². The van der Waals surface area contributed by atoms with Crippen molar-refractivity contribution in [3.8, 4) is 0 Å². The molecule has 0 N–H and O–H groups in total. The van der Waals surface area contributed by atoms with Gasteiger partial charge < -0.3 is 14.0 Å². The number of alkyl halides is 6. The number of carbonyl (C=O) groups excluding carboxylic acids is 1. The minimum atomic E-state index is -5.10. The molecule has 1 atom stereocenters. The summed E-state index contributed by atoms with van der Waals surface area (Å²) in [5.74, 6) is -0.824. The van der Waals surface area contributed by atoms with E-state index >= 15 is 0 Å². The molecule has 168 valence electrons. The topological polar surface area (TPSA) is 73.9 Å². The van der Waals surface area contributed by atoms with Gasteiger partial charge in [-0.3, -0.25) is 0 Å². The Balaban J connectivity index is 1.79. The van der Waals surface area contributed by atoms with Gasteiger partial charge in [-0.05, 0) is 18.2 Å². The molecule has 3 heterocycles. The molecular formula is C20H12F6N2O4. The number of benzene rings is 1. The van der Waals surface area contributed by atoms with Crippen LogP contribution in [0.1, 0.15) is 33.6 Å². The van der Waals surface area contributed by atoms with E-state index in [-0.39, 0.29) is 27.9 Å². The maximum Gasteiger partial charge on any atom is 0.435 e. The van der Waals surface area contributed by atoms with Crippen LogP contribution >= 0.6 is 0 Å². The summed E-state index contributed by atoms with van der Waals surface area (Å²) < 4.78 is 91.4. The zero-order valence-corrected chi connectivity index (χ0v) is 16.0. The number of nitrogens with zero attached hydrogens (tertiary/aromatic N) is 2. The summed E-state index contributed by atoms with van der Waals surface area (Å²) in [5, 5.41) is 3.75. The molecular weight excluding hydrogens is 446 g/mol. The quantitative estimate of drug-likeness (QED) is 0.398. The average Bonchev–Trinajstić information content (AvgIpc) is 3.40. The number of carbonyl (C=O) groups is 1. The van der Waals surface area contributed by atoms with Crippen LogP contribution in [0, 0.1) is 0 Å². The molecule has 0 saturated heterocycles. The van der Waals surface area contributed by atoms with Crippen LogP contribution < -0.4 is 0 Å². The smallest absolute Gasteiger partial charge is 0.435 e. The number of fused-ring (bicyclic) bond motifs is 1. The number of hydrogen-bond acceptors (Lipinski definition) is 6. The predicted molar refractivity (Wildman–Crippen MR) is 96.8 cm³/mol. The minimum absolute atomic E-state index is 0.0411. The van der Waals surface area contributed by atoms with Crippen molar-refractivity contribution >= 4 is 22.7 Å². The standard InChI is InChI=1S/C20H12F6N2O4/c1-30-17(29)15-16-12(5-6-31-16)13(9-27-15)14-8-18(32-28-14,20(24,25)26)10-3-2-4-11(7-10)19(21,22)23/h2-7,9H,8H2,1H3. The molecule has 6 nitrogen and oxygen atoms in total. The first-order valence-electron chi connectivity index (χ1n) is 8.92. The fraction of sp³-hybridized carbons (Fsp3) is 0.250. The Morgan fingerprint density at radius 1 is 1.16 bits per heavy atom. The fourth-order valence-corrected chi connectivity index (χ4v) is 3.43. The van der Waals surface area contributed by atoms with Crippen LogP contribution in [-0.4, -0.2) is 30.0 Å². The van der Waals surface area contributed by atoms with Gasteiger partial charge in [0.15, 0.2) is 11.3 Å². The molecule has 0 spiro atoms. The SMILES string of the molecule is COC(=O)c1ncc(C2=NOC(c3cccc(C(F)(F)F)c3)(C(F)(F)F)C2)c2ccoc12. The third kappa shape index (κ3) is 3.35. The Morgan fingerprint density at radius 2 is 1.91 bits per heavy atom. The summed E-state index contributed by atoms with van der Waals surface area (Å²) in [5.41, 5.74) is -5.54. The van der Waals surface area contributed by atoms with Crippen LogP contribution in [0.3, 0.4) is 0 Å². The molecule has 1 aromatic carbocycles. The summed E-state index contributed by atoms with van der Waals surface area (Å²) >= 11 is 0. The van der Waals surface area contributed by atoms with Gasteiger partial charge in [0, 0.05) is 22.7 Å². The third-order valence-corrected chi connectivity index (χ3v) is 5.03. The zero-order chi connectivity index (χ0) is 23.3. The van der Waals surface area contributed by atoms with Crippen molar-refractivity contribution < 1.29 is 45.1 Å². The molecule has 2 aromatic heterocycles. The number of pyridine rings is 1. The van der Waals surface area contributed by atoms with E-state index in [0.29, 0.717) is 12.1 Å². The first-order chi connectivity index (χ1) is 15.0. The first kappa shape index (κ1) is 21.7. The zero-order valence-electron chi connectivity index (χ0n) is 16.0. The van der Waals surface area contributed by atoms with E-state index in [1.54, 1.807) is 0 Å². The number of halogens is 6. The minimum Gasteiger partial charge on any atom is -0.464 e. The van der Waals surface area contributed by atoms with E-state index in [9.17, 15) is 31.1 Å². The number of oxime groups is 1. The van der Waals surface area contributed by atoms with Gasteiger partial charge in [-0.1, -0.05) is 17.3 Å². The van der Waals surface area contributed by atoms with Crippen LogP contribution in [0.5, 0.6) is 0 Å². The molecule has 1 aliphatic rings. The monoisotopic (exact) mass is 458 g/mol. The first-order valence-corrected chi connectivity index (χ1v) is 8.92. The van der Waals surface area contributed by atoms with Crippen LogP contribution in [0.25, 0.3) is 11.0 Å². The van der Waals surface area contributed by atoms with Crippen LogP contribution in [0.15, 0.2) is 52.4 Å². The fourth-order valence-electron chi connectivity index (χ4n) is 3.43. The van der Waals surface area contributed by atoms with Gasteiger partial charge in [0.2, 0.25) is 0 Å². The second-order valence-corrected chi connectivity index (χ2v) is 6.88. The lowest BCUT2D eigenvalue weighted by Gasteiger charge is -2.30. The molecule has 0 aliphatic carbocycles. The second-order valence-electron chi connectivity index (χ2n) is 6.88. The van der Waals surface area contributed by atoms with Crippen molar-refractivity contribution in [2.75, 3.05) is 7.11 Å². The van der Waals surface area contributed by atoms with Crippen molar-refractivity contribution in [1.82, 2.24) is 4.98 Å². The van der Waals surface area contributed by atoms with Gasteiger partial charge in [-0.2, -0.15) is 26.3 Å². The van der Waals surface area contributed by atoms with Gasteiger partial charge in [0.05, 0.1) is 31.1 Å². The molecule has 12 heteroatoms. The van der Waals surface area contributed by atoms with E-state index in [2.05, 4.69) is 14.9 Å². The maximum atomic E-state index is 14.1. The molecule has 0 fully saturated rings. The van der Waals surface area contributed by atoms with Crippen molar-refractivity contribution in [1.29, 1.82) is 0 Å². The number of aromatic nitrogens is 1. The highest BCUT2D eigenvalue weighted by Crippen LogP contribution is 2.50. The highest BCUT2D eigenvalue weighted by atomic mass is 19.4. The van der Waals surface area contributed by atoms with Crippen molar-refractivity contribution in [3.63, 3.8) is 0 Å². The Kier molecular flexibility index (Phi) is 4.90. The number of hydrogen-bond donors (Lipinski definition) is 0. The van der Waals surface area contributed by atoms with E-state index in [4.69, 9.17) is 9.25 Å². The molecule has 1 unspecified atom stereocenters. The Bertz CT molecular complexity index is 1230.